The van der Waals surface area contributed by atoms with Gasteiger partial charge in [-0.15, -0.1) is 0 Å². The van der Waals surface area contributed by atoms with Crippen molar-refractivity contribution in [2.24, 2.45) is 0 Å². The van der Waals surface area contributed by atoms with E-state index in [1.54, 1.807) is 6.33 Å². The Morgan fingerprint density at radius 1 is 1.08 bits per heavy atom. The second kappa shape index (κ2) is 7.90. The van der Waals surface area contributed by atoms with E-state index in [0.29, 0.717) is 6.54 Å². The number of nitrogens with zero attached hydrogens (tertiary/aromatic N) is 3. The van der Waals surface area contributed by atoms with Gasteiger partial charge >= 0.3 is 0 Å². The molecule has 0 radical (unpaired) electrons. The van der Waals surface area contributed by atoms with Crippen LogP contribution in [0.4, 0.5) is 5.82 Å². The summed E-state index contributed by atoms with van der Waals surface area (Å²) in [5.41, 5.74) is 3.43. The molecular formula is C17H26N4O2S. The normalized spacial score (nSPS) is 11.8. The van der Waals surface area contributed by atoms with Crippen LogP contribution in [-0.4, -0.2) is 44.8 Å². The third-order valence-electron chi connectivity index (χ3n) is 4.13. The number of aromatic nitrogens is 2. The first kappa shape index (κ1) is 18.6. The predicted molar refractivity (Wildman–Crippen MR) is 99.0 cm³/mol. The molecule has 0 saturated heterocycles. The predicted octanol–water partition coefficient (Wildman–Crippen LogP) is 2.40. The molecule has 0 aliphatic carbocycles. The van der Waals surface area contributed by atoms with Crippen molar-refractivity contribution in [2.45, 2.75) is 33.1 Å². The Labute approximate surface area is 144 Å². The Bertz CT molecular complexity index is 806. The Morgan fingerprint density at radius 3 is 2.50 bits per heavy atom. The second-order valence-corrected chi connectivity index (χ2v) is 8.13. The lowest BCUT2D eigenvalue weighted by Crippen LogP contribution is -2.23. The van der Waals surface area contributed by atoms with Gasteiger partial charge in [-0.3, -0.25) is 0 Å². The Balaban J connectivity index is 1.94. The zero-order valence-corrected chi connectivity index (χ0v) is 15.7. The van der Waals surface area contributed by atoms with E-state index < -0.39 is 10.0 Å². The number of anilines is 1. The number of aryl methyl sites for hydroxylation is 2. The highest BCUT2D eigenvalue weighted by atomic mass is 32.2. The summed E-state index contributed by atoms with van der Waals surface area (Å²) in [6, 6.07) is 4.24. The van der Waals surface area contributed by atoms with Crippen LogP contribution >= 0.6 is 0 Å². The highest BCUT2D eigenvalue weighted by Crippen LogP contribution is 2.25. The van der Waals surface area contributed by atoms with Crippen molar-refractivity contribution in [1.82, 2.24) is 14.7 Å². The number of fused-ring (bicyclic) bond motifs is 1. The highest BCUT2D eigenvalue weighted by molar-refractivity contribution is 7.88. The molecule has 6 nitrogen and oxygen atoms in total. The summed E-state index contributed by atoms with van der Waals surface area (Å²) in [5.74, 6) is 0.942. The standard InChI is InChI=1S/C17H26N4O2S/c1-13-10-15-16(11-14(13)2)18-12-19-17(15)21(3)9-7-5-6-8-20-24(4,22)23/h10-12,20H,5-9H2,1-4H3. The molecule has 0 amide bonds. The number of unbranched alkanes of at least 4 members (excludes halogenated alkanes) is 2. The van der Waals surface area contributed by atoms with Crippen molar-refractivity contribution in [3.8, 4) is 0 Å². The van der Waals surface area contributed by atoms with Crippen LogP contribution in [-0.2, 0) is 10.0 Å². The third kappa shape index (κ3) is 5.14. The van der Waals surface area contributed by atoms with Crippen LogP contribution < -0.4 is 9.62 Å². The van der Waals surface area contributed by atoms with Crippen LogP contribution in [0.1, 0.15) is 30.4 Å². The third-order valence-corrected chi connectivity index (χ3v) is 4.85. The molecule has 0 saturated carbocycles. The maximum absolute atomic E-state index is 11.0. The fourth-order valence-corrected chi connectivity index (χ4v) is 3.14. The number of sulfonamides is 1. The van der Waals surface area contributed by atoms with E-state index in [-0.39, 0.29) is 0 Å². The number of benzene rings is 1. The number of hydrogen-bond donors (Lipinski definition) is 1. The summed E-state index contributed by atoms with van der Waals surface area (Å²) in [4.78, 5) is 11.0. The van der Waals surface area contributed by atoms with Gasteiger partial charge in [0.25, 0.3) is 0 Å². The minimum Gasteiger partial charge on any atom is -0.359 e. The molecule has 0 atom stereocenters. The first-order valence-corrected chi connectivity index (χ1v) is 10.0. The summed E-state index contributed by atoms with van der Waals surface area (Å²) in [6.07, 6.45) is 5.58. The average molecular weight is 350 g/mol. The molecule has 2 aromatic rings. The zero-order valence-electron chi connectivity index (χ0n) is 14.8. The van der Waals surface area contributed by atoms with Gasteiger partial charge in [-0.25, -0.2) is 23.1 Å². The zero-order chi connectivity index (χ0) is 17.7. The Kier molecular flexibility index (Phi) is 6.12. The number of rotatable bonds is 8. The quantitative estimate of drug-likeness (QED) is 0.740. The monoisotopic (exact) mass is 350 g/mol. The molecule has 0 unspecified atom stereocenters. The van der Waals surface area contributed by atoms with E-state index in [9.17, 15) is 8.42 Å². The van der Waals surface area contributed by atoms with Crippen molar-refractivity contribution in [3.63, 3.8) is 0 Å². The summed E-state index contributed by atoms with van der Waals surface area (Å²) in [7, 11) is -1.05. The van der Waals surface area contributed by atoms with E-state index in [0.717, 1.165) is 42.5 Å². The van der Waals surface area contributed by atoms with Gasteiger partial charge < -0.3 is 4.90 Å². The smallest absolute Gasteiger partial charge is 0.208 e. The van der Waals surface area contributed by atoms with E-state index >= 15 is 0 Å². The first-order chi connectivity index (χ1) is 11.3. The second-order valence-electron chi connectivity index (χ2n) is 6.30. The molecule has 0 aliphatic rings. The fraction of sp³-hybridized carbons (Fsp3) is 0.529. The lowest BCUT2D eigenvalue weighted by Gasteiger charge is -2.20. The summed E-state index contributed by atoms with van der Waals surface area (Å²) in [6.45, 7) is 5.56. The lowest BCUT2D eigenvalue weighted by atomic mass is 10.1. The van der Waals surface area contributed by atoms with Crippen LogP contribution in [0.5, 0.6) is 0 Å². The van der Waals surface area contributed by atoms with E-state index in [4.69, 9.17) is 0 Å². The molecule has 0 bridgehead atoms. The molecule has 7 heteroatoms. The van der Waals surface area contributed by atoms with E-state index in [1.807, 2.05) is 7.05 Å². The summed E-state index contributed by atoms with van der Waals surface area (Å²) in [5, 5.41) is 1.07. The minimum absolute atomic E-state index is 0.497. The van der Waals surface area contributed by atoms with Crippen molar-refractivity contribution >= 4 is 26.7 Å². The van der Waals surface area contributed by atoms with Crippen molar-refractivity contribution in [3.05, 3.63) is 29.6 Å². The topological polar surface area (TPSA) is 75.2 Å². The van der Waals surface area contributed by atoms with Gasteiger partial charge in [-0.1, -0.05) is 6.42 Å². The van der Waals surface area contributed by atoms with Gasteiger partial charge in [0.1, 0.15) is 12.1 Å². The van der Waals surface area contributed by atoms with Crippen LogP contribution in [0, 0.1) is 13.8 Å². The summed E-state index contributed by atoms with van der Waals surface area (Å²) < 4.78 is 24.5. The molecule has 1 aromatic carbocycles. The highest BCUT2D eigenvalue weighted by Gasteiger charge is 2.10. The fourth-order valence-electron chi connectivity index (χ4n) is 2.62. The molecule has 24 heavy (non-hydrogen) atoms. The van der Waals surface area contributed by atoms with Crippen molar-refractivity contribution in [1.29, 1.82) is 0 Å². The molecule has 1 N–H and O–H groups in total. The first-order valence-electron chi connectivity index (χ1n) is 8.15. The van der Waals surface area contributed by atoms with E-state index in [2.05, 4.69) is 45.6 Å². The molecule has 0 spiro atoms. The van der Waals surface area contributed by atoms with Crippen LogP contribution in [0.25, 0.3) is 10.9 Å². The lowest BCUT2D eigenvalue weighted by molar-refractivity contribution is 0.580. The van der Waals surface area contributed by atoms with Crippen LogP contribution in [0.15, 0.2) is 18.5 Å². The molecular weight excluding hydrogens is 324 g/mol. The van der Waals surface area contributed by atoms with Crippen molar-refractivity contribution < 1.29 is 8.42 Å². The van der Waals surface area contributed by atoms with Gasteiger partial charge in [0.15, 0.2) is 0 Å². The van der Waals surface area contributed by atoms with Gasteiger partial charge in [0.05, 0.1) is 11.8 Å². The molecule has 132 valence electrons. The maximum Gasteiger partial charge on any atom is 0.208 e. The van der Waals surface area contributed by atoms with Gasteiger partial charge in [0.2, 0.25) is 10.0 Å². The Hall–Kier alpha value is -1.73. The van der Waals surface area contributed by atoms with E-state index in [1.165, 1.54) is 17.4 Å². The number of hydrogen-bond acceptors (Lipinski definition) is 5. The summed E-state index contributed by atoms with van der Waals surface area (Å²) >= 11 is 0. The molecule has 0 aliphatic heterocycles. The maximum atomic E-state index is 11.0. The number of nitrogens with one attached hydrogen (secondary N) is 1. The van der Waals surface area contributed by atoms with Gasteiger partial charge in [-0.2, -0.15) is 0 Å². The van der Waals surface area contributed by atoms with Gasteiger partial charge in [-0.05, 0) is 49.9 Å². The minimum atomic E-state index is -3.08. The SMILES string of the molecule is Cc1cc2ncnc(N(C)CCCCCNS(C)(=O)=O)c2cc1C. The molecule has 2 rings (SSSR count). The Morgan fingerprint density at radius 2 is 1.79 bits per heavy atom. The van der Waals surface area contributed by atoms with Crippen LogP contribution in [0.2, 0.25) is 0 Å². The average Bonchev–Trinajstić information content (AvgIpc) is 2.50. The largest absolute Gasteiger partial charge is 0.359 e. The van der Waals surface area contributed by atoms with Crippen molar-refractivity contribution in [2.75, 3.05) is 31.3 Å². The molecule has 1 aromatic heterocycles. The molecule has 0 fully saturated rings. The van der Waals surface area contributed by atoms with Gasteiger partial charge in [0, 0.05) is 25.5 Å². The van der Waals surface area contributed by atoms with Crippen LogP contribution in [0.3, 0.4) is 0 Å². The molecule has 1 heterocycles.